The zero-order valence-corrected chi connectivity index (χ0v) is 13.2. The SMILES string of the molecule is COc1c[nH]c(CN(C)Cc2ccc3nsnc3c2)cc1=O. The van der Waals surface area contributed by atoms with Gasteiger partial charge in [0.25, 0.3) is 0 Å². The molecule has 0 spiro atoms. The first kappa shape index (κ1) is 14.7. The summed E-state index contributed by atoms with van der Waals surface area (Å²) in [6.07, 6.45) is 1.60. The van der Waals surface area contributed by atoms with Crippen LogP contribution in [-0.2, 0) is 13.1 Å². The zero-order valence-electron chi connectivity index (χ0n) is 12.4. The lowest BCUT2D eigenvalue weighted by molar-refractivity contribution is 0.314. The van der Waals surface area contributed by atoms with Crippen molar-refractivity contribution in [3.63, 3.8) is 0 Å². The highest BCUT2D eigenvalue weighted by Crippen LogP contribution is 2.15. The molecule has 2 heterocycles. The van der Waals surface area contributed by atoms with Gasteiger partial charge in [-0.1, -0.05) is 6.07 Å². The normalized spacial score (nSPS) is 11.2. The van der Waals surface area contributed by atoms with Crippen molar-refractivity contribution in [3.05, 3.63) is 51.9 Å². The Labute approximate surface area is 131 Å². The fourth-order valence-electron chi connectivity index (χ4n) is 2.34. The summed E-state index contributed by atoms with van der Waals surface area (Å²) >= 11 is 1.22. The van der Waals surface area contributed by atoms with Crippen LogP contribution >= 0.6 is 11.7 Å². The minimum Gasteiger partial charge on any atom is -0.491 e. The molecule has 0 saturated carbocycles. The summed E-state index contributed by atoms with van der Waals surface area (Å²) in [4.78, 5) is 17.0. The lowest BCUT2D eigenvalue weighted by atomic mass is 10.2. The van der Waals surface area contributed by atoms with E-state index < -0.39 is 0 Å². The third-order valence-corrected chi connectivity index (χ3v) is 3.92. The fraction of sp³-hybridized carbons (Fsp3) is 0.267. The van der Waals surface area contributed by atoms with Crippen molar-refractivity contribution in [3.8, 4) is 5.75 Å². The standard InChI is InChI=1S/C15H16N4O2S/c1-19(9-11-6-14(20)15(21-2)7-16-11)8-10-3-4-12-13(5-10)18-22-17-12/h3-7H,8-9H2,1-2H3,(H,16,20). The predicted octanol–water partition coefficient (Wildman–Crippen LogP) is 2.02. The molecule has 0 aliphatic carbocycles. The minimum absolute atomic E-state index is 0.111. The molecule has 6 nitrogen and oxygen atoms in total. The van der Waals surface area contributed by atoms with Crippen molar-refractivity contribution < 1.29 is 4.74 Å². The van der Waals surface area contributed by atoms with Gasteiger partial charge in [-0.3, -0.25) is 9.69 Å². The Balaban J connectivity index is 1.70. The van der Waals surface area contributed by atoms with Gasteiger partial charge in [0.2, 0.25) is 5.43 Å². The maximum Gasteiger partial charge on any atom is 0.223 e. The molecular formula is C15H16N4O2S. The van der Waals surface area contributed by atoms with Crippen LogP contribution in [0, 0.1) is 0 Å². The van der Waals surface area contributed by atoms with Gasteiger partial charge in [-0.2, -0.15) is 8.75 Å². The number of aromatic nitrogens is 3. The van der Waals surface area contributed by atoms with Crippen LogP contribution in [0.25, 0.3) is 11.0 Å². The summed E-state index contributed by atoms with van der Waals surface area (Å²) in [6, 6.07) is 7.66. The summed E-state index contributed by atoms with van der Waals surface area (Å²) in [5.74, 6) is 0.327. The highest BCUT2D eigenvalue weighted by atomic mass is 32.1. The number of pyridine rings is 1. The second-order valence-electron chi connectivity index (χ2n) is 5.15. The molecule has 1 aromatic carbocycles. The van der Waals surface area contributed by atoms with Crippen LogP contribution in [-0.4, -0.2) is 32.8 Å². The Kier molecular flexibility index (Phi) is 4.17. The van der Waals surface area contributed by atoms with Gasteiger partial charge in [-0.15, -0.1) is 0 Å². The minimum atomic E-state index is -0.111. The quantitative estimate of drug-likeness (QED) is 0.780. The molecule has 0 amide bonds. The molecule has 3 aromatic rings. The summed E-state index contributed by atoms with van der Waals surface area (Å²) in [7, 11) is 3.49. The third kappa shape index (κ3) is 3.15. The first-order chi connectivity index (χ1) is 10.7. The average molecular weight is 316 g/mol. The number of methoxy groups -OCH3 is 1. The van der Waals surface area contributed by atoms with E-state index in [0.29, 0.717) is 12.3 Å². The number of rotatable bonds is 5. The number of benzene rings is 1. The van der Waals surface area contributed by atoms with Crippen LogP contribution in [0.3, 0.4) is 0 Å². The van der Waals surface area contributed by atoms with Gasteiger partial charge in [0, 0.05) is 31.0 Å². The second-order valence-corrected chi connectivity index (χ2v) is 5.68. The Hall–Kier alpha value is -2.25. The predicted molar refractivity (Wildman–Crippen MR) is 86.2 cm³/mol. The monoisotopic (exact) mass is 316 g/mol. The molecule has 1 N–H and O–H groups in total. The molecule has 0 saturated heterocycles. The highest BCUT2D eigenvalue weighted by Gasteiger charge is 2.07. The molecule has 0 aliphatic heterocycles. The Morgan fingerprint density at radius 2 is 2.05 bits per heavy atom. The van der Waals surface area contributed by atoms with E-state index in [1.54, 1.807) is 12.3 Å². The van der Waals surface area contributed by atoms with Crippen molar-refractivity contribution in [2.45, 2.75) is 13.1 Å². The fourth-order valence-corrected chi connectivity index (χ4v) is 2.85. The Bertz CT molecular complexity index is 843. The molecule has 0 bridgehead atoms. The molecule has 7 heteroatoms. The average Bonchev–Trinajstić information content (AvgIpc) is 2.95. The Morgan fingerprint density at radius 3 is 2.82 bits per heavy atom. The molecule has 0 unspecified atom stereocenters. The van der Waals surface area contributed by atoms with E-state index in [2.05, 4.69) is 24.7 Å². The third-order valence-electron chi connectivity index (χ3n) is 3.37. The van der Waals surface area contributed by atoms with Crippen molar-refractivity contribution in [1.82, 2.24) is 18.6 Å². The molecule has 22 heavy (non-hydrogen) atoms. The maximum absolute atomic E-state index is 11.8. The lowest BCUT2D eigenvalue weighted by Crippen LogP contribution is -2.19. The van der Waals surface area contributed by atoms with Crippen molar-refractivity contribution in [2.24, 2.45) is 0 Å². The van der Waals surface area contributed by atoms with Gasteiger partial charge in [0.15, 0.2) is 5.75 Å². The van der Waals surface area contributed by atoms with E-state index in [1.165, 1.54) is 24.4 Å². The first-order valence-corrected chi connectivity index (χ1v) is 7.54. The molecule has 3 rings (SSSR count). The summed E-state index contributed by atoms with van der Waals surface area (Å²) in [6.45, 7) is 1.41. The first-order valence-electron chi connectivity index (χ1n) is 6.81. The van der Waals surface area contributed by atoms with Gasteiger partial charge in [0.05, 0.1) is 18.8 Å². The topological polar surface area (TPSA) is 71.1 Å². The van der Waals surface area contributed by atoms with Crippen molar-refractivity contribution in [2.75, 3.05) is 14.2 Å². The highest BCUT2D eigenvalue weighted by molar-refractivity contribution is 7.00. The van der Waals surface area contributed by atoms with Crippen LogP contribution in [0.1, 0.15) is 11.3 Å². The number of hydrogen-bond donors (Lipinski definition) is 1. The molecule has 0 aliphatic rings. The number of nitrogens with one attached hydrogen (secondary N) is 1. The summed E-state index contributed by atoms with van der Waals surface area (Å²) in [5, 5.41) is 0. The van der Waals surface area contributed by atoms with Crippen molar-refractivity contribution >= 4 is 22.8 Å². The summed E-state index contributed by atoms with van der Waals surface area (Å²) in [5.41, 5.74) is 3.76. The molecule has 0 fully saturated rings. The number of aromatic amines is 1. The molecule has 0 atom stereocenters. The number of hydrogen-bond acceptors (Lipinski definition) is 6. The molecule has 0 radical (unpaired) electrons. The van der Waals surface area contributed by atoms with Gasteiger partial charge in [0.1, 0.15) is 11.0 Å². The summed E-state index contributed by atoms with van der Waals surface area (Å²) < 4.78 is 13.4. The van der Waals surface area contributed by atoms with Gasteiger partial charge >= 0.3 is 0 Å². The second kappa shape index (κ2) is 6.25. The maximum atomic E-state index is 11.8. The number of nitrogens with zero attached hydrogens (tertiary/aromatic N) is 3. The number of fused-ring (bicyclic) bond motifs is 1. The lowest BCUT2D eigenvalue weighted by Gasteiger charge is -2.16. The van der Waals surface area contributed by atoms with E-state index in [4.69, 9.17) is 4.74 Å². The van der Waals surface area contributed by atoms with Crippen LogP contribution in [0.2, 0.25) is 0 Å². The van der Waals surface area contributed by atoms with E-state index in [9.17, 15) is 4.79 Å². The van der Waals surface area contributed by atoms with Crippen LogP contribution in [0.4, 0.5) is 0 Å². The van der Waals surface area contributed by atoms with Crippen molar-refractivity contribution in [1.29, 1.82) is 0 Å². The van der Waals surface area contributed by atoms with E-state index >= 15 is 0 Å². The number of ether oxygens (including phenoxy) is 1. The van der Waals surface area contributed by atoms with Gasteiger partial charge < -0.3 is 9.72 Å². The van der Waals surface area contributed by atoms with Gasteiger partial charge in [-0.05, 0) is 24.7 Å². The molecular weight excluding hydrogens is 300 g/mol. The van der Waals surface area contributed by atoms with Crippen LogP contribution < -0.4 is 10.2 Å². The van der Waals surface area contributed by atoms with E-state index in [-0.39, 0.29) is 5.43 Å². The van der Waals surface area contributed by atoms with Gasteiger partial charge in [-0.25, -0.2) is 0 Å². The largest absolute Gasteiger partial charge is 0.491 e. The number of H-pyrrole nitrogens is 1. The van der Waals surface area contributed by atoms with Crippen LogP contribution in [0.5, 0.6) is 5.75 Å². The molecule has 114 valence electrons. The van der Waals surface area contributed by atoms with Crippen LogP contribution in [0.15, 0.2) is 35.3 Å². The zero-order chi connectivity index (χ0) is 15.5. The smallest absolute Gasteiger partial charge is 0.223 e. The van der Waals surface area contributed by atoms with E-state index in [0.717, 1.165) is 23.3 Å². The molecule has 2 aromatic heterocycles. The Morgan fingerprint density at radius 1 is 1.23 bits per heavy atom. The van der Waals surface area contributed by atoms with E-state index in [1.807, 2.05) is 19.2 Å².